The molecule has 2 heteroatoms. The first-order chi connectivity index (χ1) is 6.79. The lowest BCUT2D eigenvalue weighted by Crippen LogP contribution is -1.90. The van der Waals surface area contributed by atoms with E-state index >= 15 is 0 Å². The molecule has 0 aromatic rings. The molecule has 0 aromatic heterocycles. The van der Waals surface area contributed by atoms with E-state index < -0.39 is 0 Å². The van der Waals surface area contributed by atoms with E-state index in [1.807, 2.05) is 12.1 Å². The summed E-state index contributed by atoms with van der Waals surface area (Å²) in [5.41, 5.74) is 1.39. The molecule has 76 valence electrons. The monoisotopic (exact) mass is 190 g/mol. The van der Waals surface area contributed by atoms with Crippen molar-refractivity contribution in [2.24, 2.45) is 0 Å². The maximum atomic E-state index is 8.76. The van der Waals surface area contributed by atoms with Crippen LogP contribution in [0.1, 0.15) is 52.4 Å². The molecular formula is C12H18N2. The third-order valence-corrected chi connectivity index (χ3v) is 2.24. The largest absolute Gasteiger partial charge is 0.192 e. The normalized spacial score (nSPS) is 8.86. The van der Waals surface area contributed by atoms with Crippen molar-refractivity contribution in [1.82, 2.24) is 0 Å². The number of hydrogen-bond donors (Lipinski definition) is 0. The van der Waals surface area contributed by atoms with Gasteiger partial charge in [0.25, 0.3) is 0 Å². The molecule has 14 heavy (non-hydrogen) atoms. The predicted octanol–water partition coefficient (Wildman–Crippen LogP) is 3.71. The molecule has 0 aliphatic carbocycles. The van der Waals surface area contributed by atoms with Gasteiger partial charge in [-0.1, -0.05) is 26.7 Å². The second-order valence-electron chi connectivity index (χ2n) is 3.41. The summed E-state index contributed by atoms with van der Waals surface area (Å²) in [6.07, 6.45) is 6.19. The lowest BCUT2D eigenvalue weighted by atomic mass is 9.98. The summed E-state index contributed by atoms with van der Waals surface area (Å²) in [6, 6.07) is 3.98. The molecule has 0 aliphatic rings. The first kappa shape index (κ1) is 12.7. The third-order valence-electron chi connectivity index (χ3n) is 2.24. The first-order valence-electron chi connectivity index (χ1n) is 5.32. The average molecular weight is 190 g/mol. The number of nitrogens with zero attached hydrogens (tertiary/aromatic N) is 2. The first-order valence-corrected chi connectivity index (χ1v) is 5.32. The van der Waals surface area contributed by atoms with Crippen molar-refractivity contribution in [3.05, 3.63) is 11.1 Å². The van der Waals surface area contributed by atoms with E-state index in [1.165, 1.54) is 0 Å². The second-order valence-corrected chi connectivity index (χ2v) is 3.41. The number of hydrogen-bond acceptors (Lipinski definition) is 2. The van der Waals surface area contributed by atoms with Crippen molar-refractivity contribution in [1.29, 1.82) is 10.5 Å². The highest BCUT2D eigenvalue weighted by molar-refractivity contribution is 5.40. The van der Waals surface area contributed by atoms with Crippen molar-refractivity contribution in [3.8, 4) is 12.1 Å². The summed E-state index contributed by atoms with van der Waals surface area (Å²) in [5, 5.41) is 17.5. The van der Waals surface area contributed by atoms with Gasteiger partial charge in [-0.05, 0) is 31.3 Å². The standard InChI is InChI=1S/C12H18N2/c1-3-5-7-11(8-6-4-2)12(9-13)10-14/h3-8H2,1-2H3. The molecule has 0 aromatic carbocycles. The fourth-order valence-electron chi connectivity index (χ4n) is 1.34. The van der Waals surface area contributed by atoms with Crippen LogP contribution in [0.2, 0.25) is 0 Å². The summed E-state index contributed by atoms with van der Waals surface area (Å²) >= 11 is 0. The second kappa shape index (κ2) is 8.32. The summed E-state index contributed by atoms with van der Waals surface area (Å²) in [5.74, 6) is 0. The Labute approximate surface area is 86.8 Å². The molecule has 0 aliphatic heterocycles. The van der Waals surface area contributed by atoms with E-state index in [0.717, 1.165) is 44.1 Å². The van der Waals surface area contributed by atoms with Crippen LogP contribution >= 0.6 is 0 Å². The van der Waals surface area contributed by atoms with Crippen molar-refractivity contribution in [2.45, 2.75) is 52.4 Å². The molecular weight excluding hydrogens is 172 g/mol. The molecule has 0 saturated heterocycles. The van der Waals surface area contributed by atoms with Crippen molar-refractivity contribution in [3.63, 3.8) is 0 Å². The maximum Gasteiger partial charge on any atom is 0.128 e. The van der Waals surface area contributed by atoms with E-state index in [2.05, 4.69) is 13.8 Å². The molecule has 0 bridgehead atoms. The molecule has 0 unspecified atom stereocenters. The van der Waals surface area contributed by atoms with Crippen LogP contribution in [-0.2, 0) is 0 Å². The van der Waals surface area contributed by atoms with Gasteiger partial charge < -0.3 is 0 Å². The van der Waals surface area contributed by atoms with Crippen LogP contribution in [0.25, 0.3) is 0 Å². The molecule has 0 fully saturated rings. The Morgan fingerprint density at radius 2 is 1.36 bits per heavy atom. The van der Waals surface area contributed by atoms with Gasteiger partial charge in [0.05, 0.1) is 0 Å². The molecule has 0 heterocycles. The molecule has 0 rings (SSSR count). The van der Waals surface area contributed by atoms with E-state index in [-0.39, 0.29) is 0 Å². The quantitative estimate of drug-likeness (QED) is 0.599. The summed E-state index contributed by atoms with van der Waals surface area (Å²) < 4.78 is 0. The van der Waals surface area contributed by atoms with Crippen LogP contribution in [0.15, 0.2) is 11.1 Å². The highest BCUT2D eigenvalue weighted by Gasteiger charge is 2.04. The summed E-state index contributed by atoms with van der Waals surface area (Å²) in [4.78, 5) is 0. The van der Waals surface area contributed by atoms with Crippen molar-refractivity contribution in [2.75, 3.05) is 0 Å². The van der Waals surface area contributed by atoms with Gasteiger partial charge in [-0.2, -0.15) is 10.5 Å². The smallest absolute Gasteiger partial charge is 0.128 e. The average Bonchev–Trinajstić information content (AvgIpc) is 2.22. The summed E-state index contributed by atoms with van der Waals surface area (Å²) in [7, 11) is 0. The zero-order chi connectivity index (χ0) is 10.8. The minimum Gasteiger partial charge on any atom is -0.192 e. The van der Waals surface area contributed by atoms with Crippen LogP contribution in [0, 0.1) is 22.7 Å². The Morgan fingerprint density at radius 1 is 0.929 bits per heavy atom. The van der Waals surface area contributed by atoms with E-state index in [9.17, 15) is 0 Å². The van der Waals surface area contributed by atoms with Gasteiger partial charge in [0.1, 0.15) is 17.7 Å². The molecule has 0 N–H and O–H groups in total. The van der Waals surface area contributed by atoms with Gasteiger partial charge in [0, 0.05) is 0 Å². The molecule has 0 radical (unpaired) electrons. The van der Waals surface area contributed by atoms with Crippen LogP contribution in [-0.4, -0.2) is 0 Å². The van der Waals surface area contributed by atoms with Crippen LogP contribution < -0.4 is 0 Å². The number of unbranched alkanes of at least 4 members (excludes halogenated alkanes) is 2. The number of allylic oxidation sites excluding steroid dienone is 2. The Kier molecular flexibility index (Phi) is 7.56. The fraction of sp³-hybridized carbons (Fsp3) is 0.667. The fourth-order valence-corrected chi connectivity index (χ4v) is 1.34. The maximum absolute atomic E-state index is 8.76. The molecule has 0 atom stereocenters. The lowest BCUT2D eigenvalue weighted by Gasteiger charge is -2.05. The Bertz CT molecular complexity index is 237. The minimum absolute atomic E-state index is 0.340. The van der Waals surface area contributed by atoms with E-state index in [4.69, 9.17) is 10.5 Å². The van der Waals surface area contributed by atoms with Crippen LogP contribution in [0.4, 0.5) is 0 Å². The van der Waals surface area contributed by atoms with Crippen molar-refractivity contribution < 1.29 is 0 Å². The van der Waals surface area contributed by atoms with Gasteiger partial charge in [0.15, 0.2) is 0 Å². The van der Waals surface area contributed by atoms with E-state index in [0.29, 0.717) is 5.57 Å². The van der Waals surface area contributed by atoms with Gasteiger partial charge in [-0.15, -0.1) is 0 Å². The van der Waals surface area contributed by atoms with Crippen molar-refractivity contribution >= 4 is 0 Å². The molecule has 2 nitrogen and oxygen atoms in total. The van der Waals surface area contributed by atoms with Gasteiger partial charge >= 0.3 is 0 Å². The minimum atomic E-state index is 0.340. The summed E-state index contributed by atoms with van der Waals surface area (Å²) in [6.45, 7) is 4.24. The van der Waals surface area contributed by atoms with Crippen LogP contribution in [0.3, 0.4) is 0 Å². The highest BCUT2D eigenvalue weighted by Crippen LogP contribution is 2.18. The topological polar surface area (TPSA) is 47.6 Å². The van der Waals surface area contributed by atoms with Crippen LogP contribution in [0.5, 0.6) is 0 Å². The SMILES string of the molecule is CCCCC(CCCC)=C(C#N)C#N. The van der Waals surface area contributed by atoms with Gasteiger partial charge in [0.2, 0.25) is 0 Å². The Morgan fingerprint density at radius 3 is 1.64 bits per heavy atom. The zero-order valence-electron chi connectivity index (χ0n) is 9.14. The highest BCUT2D eigenvalue weighted by atomic mass is 14.3. The Balaban J connectivity index is 4.46. The molecule has 0 spiro atoms. The number of nitriles is 2. The van der Waals surface area contributed by atoms with Gasteiger partial charge in [-0.3, -0.25) is 0 Å². The third kappa shape index (κ3) is 4.67. The molecule has 0 amide bonds. The zero-order valence-corrected chi connectivity index (χ0v) is 9.14. The predicted molar refractivity (Wildman–Crippen MR) is 57.3 cm³/mol. The Hall–Kier alpha value is -1.28. The van der Waals surface area contributed by atoms with E-state index in [1.54, 1.807) is 0 Å². The molecule has 0 saturated carbocycles. The number of rotatable bonds is 6. The van der Waals surface area contributed by atoms with Gasteiger partial charge in [-0.25, -0.2) is 0 Å². The lowest BCUT2D eigenvalue weighted by molar-refractivity contribution is 0.710.